The maximum atomic E-state index is 12.6. The molecule has 2 heterocycles. The van der Waals surface area contributed by atoms with E-state index in [0.29, 0.717) is 18.8 Å². The van der Waals surface area contributed by atoms with Gasteiger partial charge in [-0.25, -0.2) is 5.43 Å². The van der Waals surface area contributed by atoms with Crippen LogP contribution in [-0.4, -0.2) is 29.5 Å². The van der Waals surface area contributed by atoms with E-state index in [1.54, 1.807) is 23.4 Å². The van der Waals surface area contributed by atoms with E-state index in [1.165, 1.54) is 0 Å². The summed E-state index contributed by atoms with van der Waals surface area (Å²) in [4.78, 5) is 26.5. The van der Waals surface area contributed by atoms with E-state index in [0.717, 1.165) is 27.1 Å². The van der Waals surface area contributed by atoms with Crippen LogP contribution in [0, 0.1) is 5.92 Å². The molecule has 3 aromatic carbocycles. The van der Waals surface area contributed by atoms with Crippen LogP contribution >= 0.6 is 0 Å². The average molecular weight is 411 g/mol. The zero-order valence-corrected chi connectivity index (χ0v) is 16.8. The Hall–Kier alpha value is -3.93. The van der Waals surface area contributed by atoms with Gasteiger partial charge in [-0.1, -0.05) is 48.5 Å². The van der Waals surface area contributed by atoms with Crippen LogP contribution in [0.15, 0.2) is 82.5 Å². The van der Waals surface area contributed by atoms with Crippen molar-refractivity contribution in [2.45, 2.75) is 13.0 Å². The lowest BCUT2D eigenvalue weighted by Crippen LogP contribution is -2.30. The molecule has 1 aromatic heterocycles. The third-order valence-electron chi connectivity index (χ3n) is 5.69. The third kappa shape index (κ3) is 3.80. The second-order valence-electron chi connectivity index (χ2n) is 7.72. The molecule has 1 unspecified atom stereocenters. The first-order valence-corrected chi connectivity index (χ1v) is 10.2. The molecule has 4 aromatic rings. The lowest BCUT2D eigenvalue weighted by molar-refractivity contribution is -0.129. The molecule has 154 valence electrons. The first-order valence-electron chi connectivity index (χ1n) is 10.2. The summed E-state index contributed by atoms with van der Waals surface area (Å²) in [5, 5.41) is 8.61. The third-order valence-corrected chi connectivity index (χ3v) is 5.69. The minimum absolute atomic E-state index is 0.0550. The summed E-state index contributed by atoms with van der Waals surface area (Å²) in [6.07, 6.45) is 3.45. The van der Waals surface area contributed by atoms with Crippen LogP contribution in [0.5, 0.6) is 0 Å². The molecule has 1 N–H and O–H groups in total. The normalized spacial score (nSPS) is 16.6. The first kappa shape index (κ1) is 19.1. The number of hydrogen-bond acceptors (Lipinski definition) is 4. The van der Waals surface area contributed by atoms with Gasteiger partial charge in [0, 0.05) is 18.5 Å². The van der Waals surface area contributed by atoms with Gasteiger partial charge >= 0.3 is 0 Å². The molecule has 1 atom stereocenters. The van der Waals surface area contributed by atoms with Gasteiger partial charge < -0.3 is 9.32 Å². The predicted octanol–water partition coefficient (Wildman–Crippen LogP) is 4.08. The van der Waals surface area contributed by atoms with Crippen LogP contribution in [0.3, 0.4) is 0 Å². The monoisotopic (exact) mass is 411 g/mol. The number of furan rings is 1. The Balaban J connectivity index is 1.33. The number of nitrogens with one attached hydrogen (secondary N) is 1. The molecule has 1 aliphatic rings. The number of fused-ring (bicyclic) bond motifs is 2. The molecule has 0 saturated carbocycles. The van der Waals surface area contributed by atoms with Gasteiger partial charge in [-0.05, 0) is 39.7 Å². The number of hydrazone groups is 1. The Labute approximate surface area is 179 Å². The van der Waals surface area contributed by atoms with Crippen molar-refractivity contribution >= 4 is 39.6 Å². The standard InChI is InChI=1S/C25H21N3O3/c29-24-13-19(15-28(24)16-20-8-5-11-31-20)25(30)27-26-14-23-21-9-3-1-6-17(21)12-18-7-2-4-10-22(18)23/h1-12,14,19H,13,15-16H2,(H,27,30)/b26-14+. The van der Waals surface area contributed by atoms with Crippen LogP contribution in [-0.2, 0) is 16.1 Å². The molecule has 1 fully saturated rings. The molecule has 1 aliphatic heterocycles. The molecule has 31 heavy (non-hydrogen) atoms. The van der Waals surface area contributed by atoms with Crippen LogP contribution in [0.4, 0.5) is 0 Å². The Morgan fingerprint density at radius 1 is 1.06 bits per heavy atom. The molecule has 2 amide bonds. The van der Waals surface area contributed by atoms with Gasteiger partial charge in [-0.2, -0.15) is 5.10 Å². The fourth-order valence-electron chi connectivity index (χ4n) is 4.13. The number of rotatable bonds is 5. The highest BCUT2D eigenvalue weighted by Crippen LogP contribution is 2.27. The maximum Gasteiger partial charge on any atom is 0.245 e. The number of nitrogens with zero attached hydrogens (tertiary/aromatic N) is 2. The van der Waals surface area contributed by atoms with Gasteiger partial charge in [0.25, 0.3) is 0 Å². The van der Waals surface area contributed by atoms with Crippen molar-refractivity contribution in [3.05, 3.63) is 84.3 Å². The highest BCUT2D eigenvalue weighted by molar-refractivity contribution is 6.13. The topological polar surface area (TPSA) is 74.9 Å². The van der Waals surface area contributed by atoms with Crippen molar-refractivity contribution in [1.82, 2.24) is 10.3 Å². The van der Waals surface area contributed by atoms with E-state index in [4.69, 9.17) is 4.42 Å². The van der Waals surface area contributed by atoms with Crippen molar-refractivity contribution in [1.29, 1.82) is 0 Å². The van der Waals surface area contributed by atoms with Crippen molar-refractivity contribution in [2.75, 3.05) is 6.54 Å². The maximum absolute atomic E-state index is 12.6. The quantitative estimate of drug-likeness (QED) is 0.305. The molecule has 0 bridgehead atoms. The lowest BCUT2D eigenvalue weighted by Gasteiger charge is -2.14. The molecule has 0 radical (unpaired) electrons. The minimum atomic E-state index is -0.427. The summed E-state index contributed by atoms with van der Waals surface area (Å²) in [5.74, 6) is -0.0317. The van der Waals surface area contributed by atoms with E-state index in [2.05, 4.69) is 28.7 Å². The van der Waals surface area contributed by atoms with Gasteiger partial charge in [-0.15, -0.1) is 0 Å². The second kappa shape index (κ2) is 8.07. The molecular formula is C25H21N3O3. The Morgan fingerprint density at radius 3 is 2.45 bits per heavy atom. The number of hydrogen-bond donors (Lipinski definition) is 1. The molecule has 0 aliphatic carbocycles. The highest BCUT2D eigenvalue weighted by atomic mass is 16.3. The van der Waals surface area contributed by atoms with Crippen LogP contribution < -0.4 is 5.43 Å². The first-order chi connectivity index (χ1) is 15.2. The van der Waals surface area contributed by atoms with Gasteiger partial charge in [0.1, 0.15) is 5.76 Å². The van der Waals surface area contributed by atoms with E-state index >= 15 is 0 Å². The Bertz CT molecular complexity index is 1240. The van der Waals surface area contributed by atoms with Crippen molar-refractivity contribution in [2.24, 2.45) is 11.0 Å². The smallest absolute Gasteiger partial charge is 0.245 e. The van der Waals surface area contributed by atoms with E-state index in [-0.39, 0.29) is 18.2 Å². The largest absolute Gasteiger partial charge is 0.467 e. The fourth-order valence-corrected chi connectivity index (χ4v) is 4.13. The summed E-state index contributed by atoms with van der Waals surface area (Å²) in [5.41, 5.74) is 3.59. The molecular weight excluding hydrogens is 390 g/mol. The summed E-state index contributed by atoms with van der Waals surface area (Å²) < 4.78 is 5.31. The van der Waals surface area contributed by atoms with Crippen LogP contribution in [0.25, 0.3) is 21.5 Å². The highest BCUT2D eigenvalue weighted by Gasteiger charge is 2.34. The molecule has 1 saturated heterocycles. The van der Waals surface area contributed by atoms with Crippen molar-refractivity contribution < 1.29 is 14.0 Å². The SMILES string of the molecule is O=C(N/N=C/c1c2ccccc2cc2ccccc12)C1CC(=O)N(Cc2ccco2)C1. The van der Waals surface area contributed by atoms with Crippen molar-refractivity contribution in [3.63, 3.8) is 0 Å². The zero-order chi connectivity index (χ0) is 21.2. The molecule has 5 rings (SSSR count). The van der Waals surface area contributed by atoms with Gasteiger partial charge in [0.15, 0.2) is 0 Å². The second-order valence-corrected chi connectivity index (χ2v) is 7.72. The number of carbonyl (C=O) groups excluding carboxylic acids is 2. The van der Waals surface area contributed by atoms with Crippen LogP contribution in [0.2, 0.25) is 0 Å². The number of carbonyl (C=O) groups is 2. The Kier molecular flexibility index (Phi) is 4.96. The minimum Gasteiger partial charge on any atom is -0.467 e. The summed E-state index contributed by atoms with van der Waals surface area (Å²) in [6, 6.07) is 22.0. The molecule has 0 spiro atoms. The predicted molar refractivity (Wildman–Crippen MR) is 119 cm³/mol. The van der Waals surface area contributed by atoms with Gasteiger partial charge in [-0.3, -0.25) is 9.59 Å². The fraction of sp³-hybridized carbons (Fsp3) is 0.160. The summed E-state index contributed by atoms with van der Waals surface area (Å²) in [6.45, 7) is 0.735. The average Bonchev–Trinajstić information content (AvgIpc) is 3.43. The summed E-state index contributed by atoms with van der Waals surface area (Å²) in [7, 11) is 0. The van der Waals surface area contributed by atoms with Gasteiger partial charge in [0.2, 0.25) is 11.8 Å². The van der Waals surface area contributed by atoms with E-state index < -0.39 is 5.92 Å². The Morgan fingerprint density at radius 2 is 1.77 bits per heavy atom. The number of amides is 2. The number of likely N-dealkylation sites (tertiary alicyclic amines) is 1. The molecule has 6 nitrogen and oxygen atoms in total. The van der Waals surface area contributed by atoms with Crippen molar-refractivity contribution in [3.8, 4) is 0 Å². The lowest BCUT2D eigenvalue weighted by atomic mass is 9.97. The van der Waals surface area contributed by atoms with E-state index in [1.807, 2.05) is 42.5 Å². The number of benzene rings is 3. The van der Waals surface area contributed by atoms with Crippen LogP contribution in [0.1, 0.15) is 17.7 Å². The zero-order valence-electron chi connectivity index (χ0n) is 16.8. The molecule has 6 heteroatoms. The summed E-state index contributed by atoms with van der Waals surface area (Å²) >= 11 is 0. The van der Waals surface area contributed by atoms with E-state index in [9.17, 15) is 9.59 Å². The van der Waals surface area contributed by atoms with Gasteiger partial charge in [0.05, 0.1) is 24.9 Å².